The van der Waals surface area contributed by atoms with Crippen molar-refractivity contribution in [1.82, 2.24) is 35.1 Å². The van der Waals surface area contributed by atoms with Crippen LogP contribution in [0.2, 0.25) is 0 Å². The number of aromatic nitrogens is 4. The van der Waals surface area contributed by atoms with Gasteiger partial charge >= 0.3 is 0 Å². The summed E-state index contributed by atoms with van der Waals surface area (Å²) in [7, 11) is 0. The number of nitrogens with zero attached hydrogens (tertiary/aromatic N) is 6. The van der Waals surface area contributed by atoms with Crippen LogP contribution in [0.4, 0.5) is 10.3 Å². The number of hydrogen-bond acceptors (Lipinski definition) is 17. The normalized spacial score (nSPS) is 20.6. The van der Waals surface area contributed by atoms with Crippen LogP contribution in [0.5, 0.6) is 0 Å². The van der Waals surface area contributed by atoms with Crippen LogP contribution in [0.1, 0.15) is 149 Å². The van der Waals surface area contributed by atoms with E-state index in [0.29, 0.717) is 36.5 Å². The number of likely N-dealkylation sites (tertiary alicyclic amines) is 2. The summed E-state index contributed by atoms with van der Waals surface area (Å²) in [6.07, 6.45) is 21.1. The molecule has 6 heterocycles. The van der Waals surface area contributed by atoms with Crippen molar-refractivity contribution in [1.29, 1.82) is 0 Å². The van der Waals surface area contributed by atoms with E-state index in [4.69, 9.17) is 26.2 Å². The SMILES string of the molecule is C.C=CC(=O)Cl.C=CC(=O)NC1CCN(C(=O)C2CCCC(Nc3ncc(SCc4ncc(C(C)(C)C)o4)s3)C2)CC1.CC(C)(C)c1cnc(CSc2cnc(NC3CCCC(C(=O)N4CCC(N)CC4)C3)s2)o1. The van der Waals surface area contributed by atoms with Gasteiger partial charge in [0.1, 0.15) is 11.5 Å². The van der Waals surface area contributed by atoms with E-state index in [1.165, 1.54) is 6.08 Å². The molecular formula is C53H79ClN10O6S4. The van der Waals surface area contributed by atoms with Crippen molar-refractivity contribution < 1.29 is 28.0 Å². The van der Waals surface area contributed by atoms with Gasteiger partial charge < -0.3 is 40.3 Å². The Balaban J connectivity index is 0.000000249. The fourth-order valence-corrected chi connectivity index (χ4v) is 12.7. The maximum absolute atomic E-state index is 13.2. The number of halogens is 1. The second kappa shape index (κ2) is 28.8. The van der Waals surface area contributed by atoms with Crippen LogP contribution in [0.3, 0.4) is 0 Å². The number of nitrogens with two attached hydrogens (primary N) is 1. The number of piperidine rings is 2. The van der Waals surface area contributed by atoms with Crippen molar-refractivity contribution in [2.45, 2.75) is 181 Å². The first-order valence-electron chi connectivity index (χ1n) is 25.4. The van der Waals surface area contributed by atoms with Gasteiger partial charge in [-0.05, 0) is 88.0 Å². The molecule has 0 spiro atoms. The molecule has 0 bridgehead atoms. The number of rotatable bonds is 15. The molecule has 0 aromatic carbocycles. The Morgan fingerprint density at radius 1 is 0.676 bits per heavy atom. The van der Waals surface area contributed by atoms with E-state index >= 15 is 0 Å². The molecule has 21 heteroatoms. The summed E-state index contributed by atoms with van der Waals surface area (Å²) < 4.78 is 14.0. The zero-order valence-corrected chi connectivity index (χ0v) is 47.3. The molecule has 2 aliphatic heterocycles. The van der Waals surface area contributed by atoms with Crippen LogP contribution in [0.15, 0.2) is 67.3 Å². The highest BCUT2D eigenvalue weighted by molar-refractivity contribution is 8.00. The lowest BCUT2D eigenvalue weighted by atomic mass is 9.84. The van der Waals surface area contributed by atoms with Gasteiger partial charge in [0.15, 0.2) is 10.3 Å². The van der Waals surface area contributed by atoms with Crippen LogP contribution in [-0.2, 0) is 41.5 Å². The number of allylic oxidation sites excluding steroid dienone is 1. The standard InChI is InChI=1S/C26H37N5O3S2.C23H35N5O2S2.C3H3ClO.CH4/c1-5-21(32)29-18-9-11-31(12-10-18)24(33)17-7-6-8-19(13-17)30-25-28-15-23(36-25)35-16-22-27-14-20(34-22)26(2,3)4;1-23(2,3)18-12-25-19(30-18)14-31-20-13-26-22(32-20)27-17-6-4-5-15(11-17)21(29)28-9-7-16(24)8-10-28;1-2-3(4)5;/h5,14-15,17-19H,1,6-13,16H2,2-4H3,(H,28,30)(H,29,32);12-13,15-17H,4-11,14,24H2,1-3H3,(H,26,27);2H,1H2;1H4. The van der Waals surface area contributed by atoms with E-state index in [1.54, 1.807) is 46.2 Å². The van der Waals surface area contributed by atoms with Gasteiger partial charge in [-0.25, -0.2) is 19.9 Å². The summed E-state index contributed by atoms with van der Waals surface area (Å²) >= 11 is 11.4. The summed E-state index contributed by atoms with van der Waals surface area (Å²) in [5.41, 5.74) is 5.92. The highest BCUT2D eigenvalue weighted by atomic mass is 35.5. The first kappa shape index (κ1) is 60.7. The van der Waals surface area contributed by atoms with Crippen LogP contribution in [0.25, 0.3) is 0 Å². The highest BCUT2D eigenvalue weighted by Crippen LogP contribution is 2.37. The van der Waals surface area contributed by atoms with E-state index in [0.717, 1.165) is 138 Å². The number of thioether (sulfide) groups is 2. The van der Waals surface area contributed by atoms with E-state index in [2.05, 4.69) is 90.6 Å². The first-order chi connectivity index (χ1) is 34.8. The fourth-order valence-electron chi connectivity index (χ4n) is 9.08. The predicted molar refractivity (Wildman–Crippen MR) is 302 cm³/mol. The summed E-state index contributed by atoms with van der Waals surface area (Å²) in [5.74, 6) is 5.25. The van der Waals surface area contributed by atoms with Crippen molar-refractivity contribution >= 4 is 91.0 Å². The number of nitrogens with one attached hydrogen (secondary N) is 3. The minimum Gasteiger partial charge on any atom is -0.444 e. The lowest BCUT2D eigenvalue weighted by Gasteiger charge is -2.37. The molecule has 74 heavy (non-hydrogen) atoms. The van der Waals surface area contributed by atoms with Crippen molar-refractivity contribution in [3.05, 3.63) is 73.4 Å². The van der Waals surface area contributed by atoms with Gasteiger partial charge in [-0.3, -0.25) is 19.2 Å². The van der Waals surface area contributed by atoms with E-state index in [9.17, 15) is 19.2 Å². The maximum Gasteiger partial charge on any atom is 0.244 e. The molecule has 3 amide bonds. The molecule has 4 atom stereocenters. The quantitative estimate of drug-likeness (QED) is 0.0495. The Labute approximate surface area is 460 Å². The monoisotopic (exact) mass is 1110 g/mol. The largest absolute Gasteiger partial charge is 0.444 e. The third kappa shape index (κ3) is 19.1. The Bertz CT molecular complexity index is 2430. The van der Waals surface area contributed by atoms with Crippen LogP contribution in [-0.4, -0.2) is 103 Å². The van der Waals surface area contributed by atoms with Crippen molar-refractivity contribution in [2.75, 3.05) is 36.8 Å². The Morgan fingerprint density at radius 2 is 1.09 bits per heavy atom. The maximum atomic E-state index is 13.2. The summed E-state index contributed by atoms with van der Waals surface area (Å²) in [6, 6.07) is 0.930. The van der Waals surface area contributed by atoms with Gasteiger partial charge in [-0.1, -0.05) is 97.6 Å². The minimum atomic E-state index is -0.509. The third-order valence-corrected chi connectivity index (χ3v) is 17.7. The number of amides is 3. The van der Waals surface area contributed by atoms with Crippen LogP contribution < -0.4 is 21.7 Å². The Kier molecular flexibility index (Phi) is 23.6. The molecule has 4 aromatic rings. The first-order valence-corrected chi connectivity index (χ1v) is 29.4. The van der Waals surface area contributed by atoms with Gasteiger partial charge in [0.05, 0.1) is 44.7 Å². The minimum absolute atomic E-state index is 0. The summed E-state index contributed by atoms with van der Waals surface area (Å²) in [5, 5.41) is 11.4. The molecule has 5 N–H and O–H groups in total. The second-order valence-corrected chi connectivity index (χ2v) is 26.2. The molecule has 2 saturated heterocycles. The molecule has 8 rings (SSSR count). The zero-order chi connectivity index (χ0) is 52.7. The molecule has 2 saturated carbocycles. The van der Waals surface area contributed by atoms with Crippen molar-refractivity contribution in [3.63, 3.8) is 0 Å². The molecule has 4 unspecified atom stereocenters. The number of hydrogen-bond donors (Lipinski definition) is 4. The topological polar surface area (TPSA) is 215 Å². The average molecular weight is 1120 g/mol. The zero-order valence-electron chi connectivity index (χ0n) is 43.3. The molecule has 2 aliphatic carbocycles. The second-order valence-electron chi connectivity index (χ2n) is 21.2. The van der Waals surface area contributed by atoms with E-state index in [-0.39, 0.29) is 60.0 Å². The lowest BCUT2D eigenvalue weighted by Crippen LogP contribution is -2.48. The molecule has 4 aromatic heterocycles. The Morgan fingerprint density at radius 3 is 1.47 bits per heavy atom. The van der Waals surface area contributed by atoms with E-state index < -0.39 is 5.24 Å². The third-order valence-electron chi connectivity index (χ3n) is 13.3. The summed E-state index contributed by atoms with van der Waals surface area (Å²) in [6.45, 7) is 22.3. The van der Waals surface area contributed by atoms with Gasteiger partial charge in [0.2, 0.25) is 34.7 Å². The molecular weight excluding hydrogens is 1040 g/mol. The molecule has 408 valence electrons. The van der Waals surface area contributed by atoms with Gasteiger partial charge in [0.25, 0.3) is 0 Å². The fraction of sp³-hybridized carbons (Fsp3) is 0.623. The number of thiazole rings is 2. The molecule has 16 nitrogen and oxygen atoms in total. The van der Waals surface area contributed by atoms with Gasteiger partial charge in [-0.2, -0.15) is 0 Å². The number of anilines is 2. The molecule has 4 aliphatic rings. The number of carbonyl (C=O) groups excluding carboxylic acids is 4. The van der Waals surface area contributed by atoms with Crippen LogP contribution >= 0.6 is 57.8 Å². The predicted octanol–water partition coefficient (Wildman–Crippen LogP) is 11.2. The Hall–Kier alpha value is -4.21. The smallest absolute Gasteiger partial charge is 0.244 e. The van der Waals surface area contributed by atoms with Gasteiger partial charge in [0, 0.05) is 73.0 Å². The van der Waals surface area contributed by atoms with Crippen molar-refractivity contribution in [2.24, 2.45) is 17.6 Å². The summed E-state index contributed by atoms with van der Waals surface area (Å²) in [4.78, 5) is 69.1. The number of carbonyl (C=O) groups is 4. The molecule has 0 radical (unpaired) electrons. The lowest BCUT2D eigenvalue weighted by molar-refractivity contribution is -0.138. The number of oxazole rings is 2. The van der Waals surface area contributed by atoms with Gasteiger partial charge in [-0.15, -0.1) is 23.5 Å². The van der Waals surface area contributed by atoms with E-state index in [1.807, 2.05) is 34.6 Å². The highest BCUT2D eigenvalue weighted by Gasteiger charge is 2.34. The van der Waals surface area contributed by atoms with Crippen LogP contribution in [0, 0.1) is 11.8 Å². The molecule has 4 fully saturated rings. The average Bonchev–Trinajstić information content (AvgIpc) is 4.22. The van der Waals surface area contributed by atoms with Crippen molar-refractivity contribution in [3.8, 4) is 0 Å².